The summed E-state index contributed by atoms with van der Waals surface area (Å²) in [6, 6.07) is 7.40. The van der Waals surface area contributed by atoms with E-state index in [0.29, 0.717) is 29.6 Å². The third-order valence-corrected chi connectivity index (χ3v) is 4.99. The largest absolute Gasteiger partial charge is 0.464 e. The minimum absolute atomic E-state index is 0.0150. The fourth-order valence-corrected chi connectivity index (χ4v) is 3.71. The first-order valence-electron chi connectivity index (χ1n) is 8.44. The number of benzene rings is 1. The molecule has 0 amide bonds. The smallest absolute Gasteiger partial charge is 0.197 e. The lowest BCUT2D eigenvalue weighted by atomic mass is 10.1. The highest BCUT2D eigenvalue weighted by atomic mass is 16.5. The molecule has 4 rings (SSSR count). The second-order valence-electron chi connectivity index (χ2n) is 6.56. The topological polar surface area (TPSA) is 66.2 Å². The van der Waals surface area contributed by atoms with Crippen LogP contribution in [0.3, 0.4) is 0 Å². The molecule has 0 aliphatic carbocycles. The standard InChI is InChI=1S/C18H22N2O4/c21-16-11-19(10-15(16)20-5-7-23-8-6-20)9-13-12-24-17-4-2-1-3-14(17)18(13)22/h1-4,12,15-16,21H,5-11H2/t15-,16-/m0/s1. The van der Waals surface area contributed by atoms with Gasteiger partial charge in [0.2, 0.25) is 0 Å². The summed E-state index contributed by atoms with van der Waals surface area (Å²) in [6.07, 6.45) is 1.16. The molecule has 3 heterocycles. The molecule has 2 aliphatic heterocycles. The van der Waals surface area contributed by atoms with E-state index in [2.05, 4.69) is 9.80 Å². The van der Waals surface area contributed by atoms with Gasteiger partial charge in [-0.05, 0) is 12.1 Å². The van der Waals surface area contributed by atoms with Gasteiger partial charge in [0.25, 0.3) is 0 Å². The molecule has 0 radical (unpaired) electrons. The summed E-state index contributed by atoms with van der Waals surface area (Å²) in [5, 5.41) is 11.0. The molecule has 2 atom stereocenters. The zero-order valence-electron chi connectivity index (χ0n) is 13.6. The van der Waals surface area contributed by atoms with E-state index in [1.165, 1.54) is 0 Å². The molecule has 2 fully saturated rings. The lowest BCUT2D eigenvalue weighted by molar-refractivity contribution is -0.00618. The van der Waals surface area contributed by atoms with E-state index >= 15 is 0 Å². The van der Waals surface area contributed by atoms with Crippen molar-refractivity contribution in [2.24, 2.45) is 0 Å². The number of aliphatic hydroxyl groups is 1. The predicted octanol–water partition coefficient (Wildman–Crippen LogP) is 0.670. The van der Waals surface area contributed by atoms with E-state index in [1.54, 1.807) is 18.4 Å². The Balaban J connectivity index is 1.50. The second kappa shape index (κ2) is 6.64. The molecule has 1 aromatic carbocycles. The summed E-state index contributed by atoms with van der Waals surface area (Å²) >= 11 is 0. The summed E-state index contributed by atoms with van der Waals surface area (Å²) < 4.78 is 11.0. The fourth-order valence-electron chi connectivity index (χ4n) is 3.71. The van der Waals surface area contributed by atoms with Gasteiger partial charge in [-0.15, -0.1) is 0 Å². The molecule has 0 saturated carbocycles. The van der Waals surface area contributed by atoms with Gasteiger partial charge in [-0.3, -0.25) is 14.6 Å². The third-order valence-electron chi connectivity index (χ3n) is 4.99. The van der Waals surface area contributed by atoms with Crippen molar-refractivity contribution in [3.05, 3.63) is 46.3 Å². The van der Waals surface area contributed by atoms with Crippen LogP contribution < -0.4 is 5.43 Å². The lowest BCUT2D eigenvalue weighted by Gasteiger charge is -2.33. The first kappa shape index (κ1) is 15.8. The van der Waals surface area contributed by atoms with Crippen molar-refractivity contribution in [2.45, 2.75) is 18.7 Å². The molecule has 6 heteroatoms. The van der Waals surface area contributed by atoms with Crippen LogP contribution in [-0.2, 0) is 11.3 Å². The third kappa shape index (κ3) is 2.98. The van der Waals surface area contributed by atoms with Crippen LogP contribution in [0.2, 0.25) is 0 Å². The lowest BCUT2D eigenvalue weighted by Crippen LogP contribution is -2.48. The summed E-state index contributed by atoms with van der Waals surface area (Å²) in [7, 11) is 0. The van der Waals surface area contributed by atoms with Crippen LogP contribution in [0.4, 0.5) is 0 Å². The molecule has 2 aliphatic rings. The molecular weight excluding hydrogens is 308 g/mol. The maximum absolute atomic E-state index is 12.6. The molecule has 0 spiro atoms. The summed E-state index contributed by atoms with van der Waals surface area (Å²) in [5.74, 6) is 0. The van der Waals surface area contributed by atoms with Crippen molar-refractivity contribution in [1.29, 1.82) is 0 Å². The Bertz CT molecular complexity index is 769. The number of rotatable bonds is 3. The average molecular weight is 330 g/mol. The molecule has 2 saturated heterocycles. The van der Waals surface area contributed by atoms with Gasteiger partial charge in [-0.2, -0.15) is 0 Å². The van der Waals surface area contributed by atoms with Gasteiger partial charge < -0.3 is 14.3 Å². The first-order chi connectivity index (χ1) is 11.7. The Morgan fingerprint density at radius 1 is 1.17 bits per heavy atom. The molecule has 6 nitrogen and oxygen atoms in total. The van der Waals surface area contributed by atoms with Crippen molar-refractivity contribution in [1.82, 2.24) is 9.80 Å². The maximum atomic E-state index is 12.6. The van der Waals surface area contributed by atoms with Crippen LogP contribution in [0.25, 0.3) is 11.0 Å². The fraction of sp³-hybridized carbons (Fsp3) is 0.500. The monoisotopic (exact) mass is 330 g/mol. The molecule has 0 unspecified atom stereocenters. The predicted molar refractivity (Wildman–Crippen MR) is 89.9 cm³/mol. The molecule has 1 N–H and O–H groups in total. The highest BCUT2D eigenvalue weighted by Crippen LogP contribution is 2.20. The number of ether oxygens (including phenoxy) is 1. The normalized spacial score (nSPS) is 26.2. The Kier molecular flexibility index (Phi) is 4.37. The zero-order chi connectivity index (χ0) is 16.5. The van der Waals surface area contributed by atoms with Gasteiger partial charge in [0.05, 0.1) is 31.0 Å². The summed E-state index contributed by atoms with van der Waals surface area (Å²) in [4.78, 5) is 17.0. The number of likely N-dealkylation sites (tertiary alicyclic amines) is 1. The van der Waals surface area contributed by atoms with Gasteiger partial charge in [0.1, 0.15) is 5.58 Å². The van der Waals surface area contributed by atoms with Gasteiger partial charge in [-0.1, -0.05) is 12.1 Å². The van der Waals surface area contributed by atoms with Crippen LogP contribution in [-0.4, -0.2) is 66.4 Å². The summed E-state index contributed by atoms with van der Waals surface area (Å²) in [5.41, 5.74) is 1.27. The van der Waals surface area contributed by atoms with Gasteiger partial charge >= 0.3 is 0 Å². The van der Waals surface area contributed by atoms with Crippen molar-refractivity contribution < 1.29 is 14.3 Å². The van der Waals surface area contributed by atoms with Crippen LogP contribution in [0.15, 0.2) is 39.7 Å². The van der Waals surface area contributed by atoms with Crippen LogP contribution >= 0.6 is 0 Å². The molecule has 24 heavy (non-hydrogen) atoms. The van der Waals surface area contributed by atoms with Crippen molar-refractivity contribution in [2.75, 3.05) is 39.4 Å². The van der Waals surface area contributed by atoms with E-state index in [4.69, 9.17) is 9.15 Å². The number of hydrogen-bond acceptors (Lipinski definition) is 6. The van der Waals surface area contributed by atoms with Crippen LogP contribution in [0.1, 0.15) is 5.56 Å². The Morgan fingerprint density at radius 3 is 2.79 bits per heavy atom. The number of morpholine rings is 1. The molecule has 2 aromatic rings. The van der Waals surface area contributed by atoms with Crippen molar-refractivity contribution in [3.8, 4) is 0 Å². The maximum Gasteiger partial charge on any atom is 0.197 e. The van der Waals surface area contributed by atoms with E-state index in [1.807, 2.05) is 12.1 Å². The Hall–Kier alpha value is -1.73. The average Bonchev–Trinajstić information content (AvgIpc) is 2.99. The molecule has 1 aromatic heterocycles. The van der Waals surface area contributed by atoms with Crippen LogP contribution in [0, 0.1) is 0 Å². The van der Waals surface area contributed by atoms with E-state index < -0.39 is 6.10 Å². The number of hydrogen-bond donors (Lipinski definition) is 1. The Labute approximate surface area is 140 Å². The Morgan fingerprint density at radius 2 is 1.96 bits per heavy atom. The molecular formula is C18H22N2O4. The first-order valence-corrected chi connectivity index (χ1v) is 8.44. The van der Waals surface area contributed by atoms with Crippen LogP contribution in [0.5, 0.6) is 0 Å². The second-order valence-corrected chi connectivity index (χ2v) is 6.56. The van der Waals surface area contributed by atoms with E-state index in [-0.39, 0.29) is 11.5 Å². The minimum Gasteiger partial charge on any atom is -0.464 e. The van der Waals surface area contributed by atoms with E-state index in [0.717, 1.165) is 32.8 Å². The van der Waals surface area contributed by atoms with Gasteiger partial charge in [0.15, 0.2) is 5.43 Å². The zero-order valence-corrected chi connectivity index (χ0v) is 13.6. The van der Waals surface area contributed by atoms with Gasteiger partial charge in [0, 0.05) is 44.3 Å². The van der Waals surface area contributed by atoms with Crippen molar-refractivity contribution >= 4 is 11.0 Å². The minimum atomic E-state index is -0.393. The highest BCUT2D eigenvalue weighted by molar-refractivity contribution is 5.76. The molecule has 0 bridgehead atoms. The van der Waals surface area contributed by atoms with Gasteiger partial charge in [-0.25, -0.2) is 0 Å². The quantitative estimate of drug-likeness (QED) is 0.892. The summed E-state index contributed by atoms with van der Waals surface area (Å²) in [6.45, 7) is 4.99. The number of para-hydroxylation sites is 1. The molecule has 128 valence electrons. The highest BCUT2D eigenvalue weighted by Gasteiger charge is 2.36. The number of aliphatic hydroxyl groups excluding tert-OH is 1. The van der Waals surface area contributed by atoms with Crippen molar-refractivity contribution in [3.63, 3.8) is 0 Å². The number of fused-ring (bicyclic) bond motifs is 1. The number of nitrogens with zero attached hydrogens (tertiary/aromatic N) is 2. The van der Waals surface area contributed by atoms with E-state index in [9.17, 15) is 9.90 Å². The SMILES string of the molecule is O=c1c(CN2C[C@H](O)[C@@H](N3CCOCC3)C2)coc2ccccc12. The number of β-amino-alcohol motifs (C(OH)–C–C–N with tert-alkyl or cyclic N) is 1.